The lowest BCUT2D eigenvalue weighted by atomic mass is 10.0. The molecule has 1 unspecified atom stereocenters. The Bertz CT molecular complexity index is 335. The summed E-state index contributed by atoms with van der Waals surface area (Å²) in [6, 6.07) is 7.48. The Hall–Kier alpha value is -1.26. The number of benzene rings is 1. The molecule has 2 N–H and O–H groups in total. The van der Waals surface area contributed by atoms with Crippen molar-refractivity contribution in [2.24, 2.45) is 5.73 Å². The van der Waals surface area contributed by atoms with Crippen LogP contribution in [0.1, 0.15) is 20.3 Å². The van der Waals surface area contributed by atoms with Crippen molar-refractivity contribution < 1.29 is 14.2 Å². The number of methoxy groups -OCH3 is 1. The molecule has 1 atom stereocenters. The maximum atomic E-state index is 5.96. The van der Waals surface area contributed by atoms with Gasteiger partial charge in [0.15, 0.2) is 0 Å². The molecule has 0 heterocycles. The minimum Gasteiger partial charge on any atom is -0.497 e. The van der Waals surface area contributed by atoms with E-state index in [2.05, 4.69) is 6.92 Å². The molecule has 1 aromatic rings. The number of nitrogens with two attached hydrogens (primary N) is 1. The van der Waals surface area contributed by atoms with Crippen LogP contribution in [-0.4, -0.2) is 32.5 Å². The van der Waals surface area contributed by atoms with Crippen LogP contribution in [0.4, 0.5) is 0 Å². The molecular weight excluding hydrogens is 230 g/mol. The van der Waals surface area contributed by atoms with E-state index < -0.39 is 0 Å². The van der Waals surface area contributed by atoms with E-state index in [0.717, 1.165) is 17.9 Å². The third-order valence-electron chi connectivity index (χ3n) is 2.80. The molecule has 1 rings (SSSR count). The van der Waals surface area contributed by atoms with E-state index in [1.165, 1.54) is 0 Å². The Kier molecular flexibility index (Phi) is 5.95. The van der Waals surface area contributed by atoms with Gasteiger partial charge in [-0.3, -0.25) is 0 Å². The monoisotopic (exact) mass is 253 g/mol. The summed E-state index contributed by atoms with van der Waals surface area (Å²) in [6.07, 6.45) is 0.895. The Balaban J connectivity index is 2.17. The maximum absolute atomic E-state index is 5.96. The fourth-order valence-electron chi connectivity index (χ4n) is 1.30. The molecule has 0 saturated heterocycles. The first-order chi connectivity index (χ1) is 8.57. The third-order valence-corrected chi connectivity index (χ3v) is 2.80. The fourth-order valence-corrected chi connectivity index (χ4v) is 1.30. The highest BCUT2D eigenvalue weighted by Crippen LogP contribution is 2.16. The average molecular weight is 253 g/mol. The van der Waals surface area contributed by atoms with Gasteiger partial charge in [-0.05, 0) is 37.6 Å². The SMILES string of the molecule is CCC(C)(N)COCCOc1ccc(OC)cc1. The minimum atomic E-state index is -0.250. The number of rotatable bonds is 8. The van der Waals surface area contributed by atoms with E-state index in [1.807, 2.05) is 31.2 Å². The second-order valence-corrected chi connectivity index (χ2v) is 4.58. The number of ether oxygens (including phenoxy) is 3. The summed E-state index contributed by atoms with van der Waals surface area (Å²) in [5, 5.41) is 0. The van der Waals surface area contributed by atoms with Gasteiger partial charge in [0.25, 0.3) is 0 Å². The van der Waals surface area contributed by atoms with Crippen molar-refractivity contribution in [3.05, 3.63) is 24.3 Å². The molecule has 0 aliphatic carbocycles. The van der Waals surface area contributed by atoms with E-state index >= 15 is 0 Å². The molecule has 0 aromatic heterocycles. The van der Waals surface area contributed by atoms with Crippen molar-refractivity contribution in [1.29, 1.82) is 0 Å². The van der Waals surface area contributed by atoms with Gasteiger partial charge in [0.05, 0.1) is 20.3 Å². The zero-order valence-electron chi connectivity index (χ0n) is 11.4. The molecule has 4 heteroatoms. The van der Waals surface area contributed by atoms with Crippen molar-refractivity contribution in [2.75, 3.05) is 26.9 Å². The van der Waals surface area contributed by atoms with Gasteiger partial charge in [-0.2, -0.15) is 0 Å². The zero-order valence-corrected chi connectivity index (χ0v) is 11.4. The lowest BCUT2D eigenvalue weighted by Gasteiger charge is -2.22. The molecule has 0 bridgehead atoms. The summed E-state index contributed by atoms with van der Waals surface area (Å²) in [6.45, 7) is 5.65. The smallest absolute Gasteiger partial charge is 0.119 e. The highest BCUT2D eigenvalue weighted by atomic mass is 16.5. The molecule has 0 spiro atoms. The molecule has 1 aromatic carbocycles. The van der Waals surface area contributed by atoms with Gasteiger partial charge >= 0.3 is 0 Å². The standard InChI is InChI=1S/C14H23NO3/c1-4-14(2,15)11-17-9-10-18-13-7-5-12(16-3)6-8-13/h5-8H,4,9-11,15H2,1-3H3. The van der Waals surface area contributed by atoms with Gasteiger partial charge in [-0.15, -0.1) is 0 Å². The summed E-state index contributed by atoms with van der Waals surface area (Å²) < 4.78 is 16.1. The van der Waals surface area contributed by atoms with Crippen molar-refractivity contribution in [3.63, 3.8) is 0 Å². The summed E-state index contributed by atoms with van der Waals surface area (Å²) in [5.41, 5.74) is 5.71. The molecule has 102 valence electrons. The lowest BCUT2D eigenvalue weighted by Crippen LogP contribution is -2.40. The maximum Gasteiger partial charge on any atom is 0.119 e. The second-order valence-electron chi connectivity index (χ2n) is 4.58. The van der Waals surface area contributed by atoms with Gasteiger partial charge < -0.3 is 19.9 Å². The first-order valence-corrected chi connectivity index (χ1v) is 6.21. The predicted molar refractivity (Wildman–Crippen MR) is 72.2 cm³/mol. The summed E-state index contributed by atoms with van der Waals surface area (Å²) >= 11 is 0. The van der Waals surface area contributed by atoms with Gasteiger partial charge in [0.1, 0.15) is 18.1 Å². The Morgan fingerprint density at radius 1 is 1.11 bits per heavy atom. The number of hydrogen-bond donors (Lipinski definition) is 1. The molecule has 0 fully saturated rings. The van der Waals surface area contributed by atoms with Gasteiger partial charge in [0.2, 0.25) is 0 Å². The molecule has 0 radical (unpaired) electrons. The molecule has 0 amide bonds. The summed E-state index contributed by atoms with van der Waals surface area (Å²) in [5.74, 6) is 1.63. The van der Waals surface area contributed by atoms with Crippen molar-refractivity contribution in [3.8, 4) is 11.5 Å². The molecule has 0 saturated carbocycles. The van der Waals surface area contributed by atoms with E-state index in [9.17, 15) is 0 Å². The summed E-state index contributed by atoms with van der Waals surface area (Å²) in [4.78, 5) is 0. The van der Waals surface area contributed by atoms with Crippen molar-refractivity contribution in [2.45, 2.75) is 25.8 Å². The Morgan fingerprint density at radius 2 is 1.72 bits per heavy atom. The highest BCUT2D eigenvalue weighted by molar-refractivity contribution is 5.31. The lowest BCUT2D eigenvalue weighted by molar-refractivity contribution is 0.0665. The second kappa shape index (κ2) is 7.24. The molecule has 4 nitrogen and oxygen atoms in total. The highest BCUT2D eigenvalue weighted by Gasteiger charge is 2.15. The van der Waals surface area contributed by atoms with Crippen LogP contribution < -0.4 is 15.2 Å². The largest absolute Gasteiger partial charge is 0.497 e. The van der Waals surface area contributed by atoms with Crippen molar-refractivity contribution >= 4 is 0 Å². The van der Waals surface area contributed by atoms with Crippen LogP contribution in [-0.2, 0) is 4.74 Å². The van der Waals surface area contributed by atoms with Gasteiger partial charge in [-0.25, -0.2) is 0 Å². The fraction of sp³-hybridized carbons (Fsp3) is 0.571. The normalized spacial score (nSPS) is 14.0. The van der Waals surface area contributed by atoms with Crippen LogP contribution in [0.25, 0.3) is 0 Å². The molecular formula is C14H23NO3. The first-order valence-electron chi connectivity index (χ1n) is 6.21. The number of hydrogen-bond acceptors (Lipinski definition) is 4. The van der Waals surface area contributed by atoms with E-state index in [-0.39, 0.29) is 5.54 Å². The zero-order chi connectivity index (χ0) is 13.4. The predicted octanol–water partition coefficient (Wildman–Crippen LogP) is 2.22. The van der Waals surface area contributed by atoms with Crippen molar-refractivity contribution in [1.82, 2.24) is 0 Å². The van der Waals surface area contributed by atoms with Gasteiger partial charge in [0, 0.05) is 5.54 Å². The van der Waals surface area contributed by atoms with Crippen LogP contribution in [0.15, 0.2) is 24.3 Å². The Morgan fingerprint density at radius 3 is 2.28 bits per heavy atom. The van der Waals surface area contributed by atoms with Crippen LogP contribution >= 0.6 is 0 Å². The molecule has 18 heavy (non-hydrogen) atoms. The third kappa shape index (κ3) is 5.38. The Labute approximate surface area is 109 Å². The summed E-state index contributed by atoms with van der Waals surface area (Å²) in [7, 11) is 1.64. The minimum absolute atomic E-state index is 0.250. The molecule has 0 aliphatic rings. The quantitative estimate of drug-likeness (QED) is 0.722. The van der Waals surface area contributed by atoms with Gasteiger partial charge in [-0.1, -0.05) is 6.92 Å². The average Bonchev–Trinajstić information content (AvgIpc) is 2.39. The van der Waals surface area contributed by atoms with Crippen LogP contribution in [0.2, 0.25) is 0 Å². The topological polar surface area (TPSA) is 53.7 Å². The van der Waals surface area contributed by atoms with E-state index in [4.69, 9.17) is 19.9 Å². The van der Waals surface area contributed by atoms with E-state index in [1.54, 1.807) is 7.11 Å². The molecule has 0 aliphatic heterocycles. The van der Waals surface area contributed by atoms with Crippen LogP contribution in [0, 0.1) is 0 Å². The van der Waals surface area contributed by atoms with Crippen LogP contribution in [0.3, 0.4) is 0 Å². The van der Waals surface area contributed by atoms with E-state index in [0.29, 0.717) is 19.8 Å². The first kappa shape index (κ1) is 14.8. The van der Waals surface area contributed by atoms with Crippen LogP contribution in [0.5, 0.6) is 11.5 Å².